The Balaban J connectivity index is 1.92. The summed E-state index contributed by atoms with van der Waals surface area (Å²) in [6.07, 6.45) is 1.01. The van der Waals surface area contributed by atoms with Crippen LogP contribution in [0.15, 0.2) is 29.2 Å². The average molecular weight is 281 g/mol. The molecule has 19 heavy (non-hydrogen) atoms. The van der Waals surface area contributed by atoms with Crippen LogP contribution in [0.3, 0.4) is 0 Å². The minimum atomic E-state index is -3.14. The number of hydrogen-bond acceptors (Lipinski definition) is 4. The van der Waals surface area contributed by atoms with Gasteiger partial charge in [0.2, 0.25) is 0 Å². The Morgan fingerprint density at radius 1 is 1.37 bits per heavy atom. The third-order valence-corrected chi connectivity index (χ3v) is 6.22. The molecule has 0 spiro atoms. The second-order valence-electron chi connectivity index (χ2n) is 5.70. The van der Waals surface area contributed by atoms with Crippen molar-refractivity contribution in [2.75, 3.05) is 12.4 Å². The summed E-state index contributed by atoms with van der Waals surface area (Å²) in [5, 5.41) is 3.51. The first kappa shape index (κ1) is 13.1. The number of benzene rings is 1. The molecule has 0 bridgehead atoms. The molecule has 3 rings (SSSR count). The highest BCUT2D eigenvalue weighted by Gasteiger charge is 2.42. The highest BCUT2D eigenvalue weighted by Crippen LogP contribution is 2.36. The normalized spacial score (nSPS) is 36.3. The van der Waals surface area contributed by atoms with Crippen molar-refractivity contribution in [2.45, 2.75) is 42.8 Å². The van der Waals surface area contributed by atoms with E-state index in [-0.39, 0.29) is 23.4 Å². The third-order valence-electron chi connectivity index (χ3n) is 4.41. The van der Waals surface area contributed by atoms with Crippen LogP contribution >= 0.6 is 0 Å². The Kier molecular flexibility index (Phi) is 2.96. The Hall–Kier alpha value is -0.910. The van der Waals surface area contributed by atoms with Crippen LogP contribution in [0.2, 0.25) is 0 Å². The maximum atomic E-state index is 12.2. The van der Waals surface area contributed by atoms with Gasteiger partial charge in [0, 0.05) is 18.2 Å². The van der Waals surface area contributed by atoms with E-state index in [2.05, 4.69) is 12.2 Å². The lowest BCUT2D eigenvalue weighted by atomic mass is 9.92. The van der Waals surface area contributed by atoms with Gasteiger partial charge < -0.3 is 10.1 Å². The summed E-state index contributed by atoms with van der Waals surface area (Å²) in [4.78, 5) is 0.475. The summed E-state index contributed by atoms with van der Waals surface area (Å²) in [5.74, 6) is 0.147. The zero-order valence-corrected chi connectivity index (χ0v) is 12.0. The minimum absolute atomic E-state index is 0.1000. The van der Waals surface area contributed by atoms with Crippen LogP contribution in [0.4, 0.5) is 0 Å². The second-order valence-corrected chi connectivity index (χ2v) is 7.70. The van der Waals surface area contributed by atoms with Crippen molar-refractivity contribution in [1.82, 2.24) is 5.32 Å². The first-order chi connectivity index (χ1) is 8.92. The third kappa shape index (κ3) is 2.10. The maximum absolute atomic E-state index is 12.2. The van der Waals surface area contributed by atoms with Crippen LogP contribution in [-0.2, 0) is 14.6 Å². The lowest BCUT2D eigenvalue weighted by Crippen LogP contribution is -2.49. The smallest absolute Gasteiger partial charge is 0.180 e. The fraction of sp³-hybridized carbons (Fsp3) is 0.571. The van der Waals surface area contributed by atoms with Gasteiger partial charge in [-0.25, -0.2) is 8.42 Å². The molecule has 4 nitrogen and oxygen atoms in total. The topological polar surface area (TPSA) is 55.4 Å². The van der Waals surface area contributed by atoms with Crippen molar-refractivity contribution < 1.29 is 13.2 Å². The SMILES string of the molecule is CC1OCCC1(C)NC1CS(=O)(=O)c2ccccc21. The van der Waals surface area contributed by atoms with Crippen LogP contribution in [-0.4, -0.2) is 32.4 Å². The van der Waals surface area contributed by atoms with Crippen molar-refractivity contribution in [3.05, 3.63) is 29.8 Å². The summed E-state index contributed by atoms with van der Waals surface area (Å²) in [6.45, 7) is 4.87. The van der Waals surface area contributed by atoms with Gasteiger partial charge in [0.1, 0.15) is 0 Å². The van der Waals surface area contributed by atoms with Crippen molar-refractivity contribution >= 4 is 9.84 Å². The van der Waals surface area contributed by atoms with Crippen LogP contribution in [0.25, 0.3) is 0 Å². The number of fused-ring (bicyclic) bond motifs is 1. The fourth-order valence-corrected chi connectivity index (χ4v) is 4.73. The molecule has 1 N–H and O–H groups in total. The molecular formula is C14H19NO3S. The van der Waals surface area contributed by atoms with E-state index in [1.165, 1.54) is 0 Å². The van der Waals surface area contributed by atoms with Gasteiger partial charge in [-0.05, 0) is 31.9 Å². The van der Waals surface area contributed by atoms with E-state index in [1.54, 1.807) is 12.1 Å². The van der Waals surface area contributed by atoms with Gasteiger partial charge >= 0.3 is 0 Å². The highest BCUT2D eigenvalue weighted by atomic mass is 32.2. The molecule has 3 unspecified atom stereocenters. The number of nitrogens with one attached hydrogen (secondary N) is 1. The van der Waals surface area contributed by atoms with Gasteiger partial charge in [0.25, 0.3) is 0 Å². The fourth-order valence-electron chi connectivity index (χ4n) is 2.99. The van der Waals surface area contributed by atoms with Crippen molar-refractivity contribution in [1.29, 1.82) is 0 Å². The van der Waals surface area contributed by atoms with Crippen LogP contribution in [0.5, 0.6) is 0 Å². The molecule has 3 atom stereocenters. The van der Waals surface area contributed by atoms with Crippen LogP contribution in [0.1, 0.15) is 31.9 Å². The zero-order valence-electron chi connectivity index (χ0n) is 11.2. The van der Waals surface area contributed by atoms with Gasteiger partial charge in [0.05, 0.1) is 16.8 Å². The van der Waals surface area contributed by atoms with Crippen LogP contribution in [0, 0.1) is 0 Å². The van der Waals surface area contributed by atoms with Crippen molar-refractivity contribution in [3.63, 3.8) is 0 Å². The van der Waals surface area contributed by atoms with Crippen molar-refractivity contribution in [3.8, 4) is 0 Å². The molecule has 0 amide bonds. The largest absolute Gasteiger partial charge is 0.377 e. The molecule has 1 fully saturated rings. The first-order valence-electron chi connectivity index (χ1n) is 6.63. The zero-order chi connectivity index (χ0) is 13.7. The first-order valence-corrected chi connectivity index (χ1v) is 8.29. The molecule has 5 heteroatoms. The van der Waals surface area contributed by atoms with E-state index in [9.17, 15) is 8.42 Å². The van der Waals surface area contributed by atoms with Gasteiger partial charge in [-0.2, -0.15) is 0 Å². The lowest BCUT2D eigenvalue weighted by molar-refractivity contribution is 0.0852. The average Bonchev–Trinajstić information content (AvgIpc) is 2.80. The number of hydrogen-bond donors (Lipinski definition) is 1. The summed E-state index contributed by atoms with van der Waals surface area (Å²) in [7, 11) is -3.14. The quantitative estimate of drug-likeness (QED) is 0.896. The van der Waals surface area contributed by atoms with Crippen molar-refractivity contribution in [2.24, 2.45) is 0 Å². The Bertz CT molecular complexity index is 598. The number of rotatable bonds is 2. The van der Waals surface area contributed by atoms with Crippen LogP contribution < -0.4 is 5.32 Å². The molecule has 0 saturated carbocycles. The summed E-state index contributed by atoms with van der Waals surface area (Å²) < 4.78 is 29.9. The lowest BCUT2D eigenvalue weighted by Gasteiger charge is -2.32. The van der Waals surface area contributed by atoms with Gasteiger partial charge in [0.15, 0.2) is 9.84 Å². The van der Waals surface area contributed by atoms with E-state index in [0.29, 0.717) is 4.90 Å². The highest BCUT2D eigenvalue weighted by molar-refractivity contribution is 7.91. The molecule has 0 aromatic heterocycles. The standard InChI is InChI=1S/C14H19NO3S/c1-10-14(2,7-8-18-10)15-12-9-19(16,17)13-6-4-3-5-11(12)13/h3-6,10,12,15H,7-9H2,1-2H3. The Labute approximate surface area is 114 Å². The number of sulfone groups is 1. The predicted molar refractivity (Wildman–Crippen MR) is 72.8 cm³/mol. The molecule has 1 aromatic carbocycles. The molecule has 2 heterocycles. The maximum Gasteiger partial charge on any atom is 0.180 e. The molecule has 1 aromatic rings. The van der Waals surface area contributed by atoms with Gasteiger partial charge in [-0.1, -0.05) is 18.2 Å². The molecular weight excluding hydrogens is 262 g/mol. The van der Waals surface area contributed by atoms with E-state index >= 15 is 0 Å². The van der Waals surface area contributed by atoms with E-state index < -0.39 is 9.84 Å². The van der Waals surface area contributed by atoms with Gasteiger partial charge in [-0.15, -0.1) is 0 Å². The molecule has 2 aliphatic heterocycles. The molecule has 1 saturated heterocycles. The molecule has 0 aliphatic carbocycles. The predicted octanol–water partition coefficient (Wildman–Crippen LogP) is 1.67. The summed E-state index contributed by atoms with van der Waals surface area (Å²) in [5.41, 5.74) is 0.736. The summed E-state index contributed by atoms with van der Waals surface area (Å²) >= 11 is 0. The monoisotopic (exact) mass is 281 g/mol. The van der Waals surface area contributed by atoms with Gasteiger partial charge in [-0.3, -0.25) is 0 Å². The number of ether oxygens (including phenoxy) is 1. The second kappa shape index (κ2) is 4.30. The van der Waals surface area contributed by atoms with E-state index in [4.69, 9.17) is 4.74 Å². The Morgan fingerprint density at radius 3 is 2.79 bits per heavy atom. The molecule has 0 radical (unpaired) electrons. The summed E-state index contributed by atoms with van der Waals surface area (Å²) in [6, 6.07) is 7.15. The molecule has 2 aliphatic rings. The Morgan fingerprint density at radius 2 is 2.11 bits per heavy atom. The van der Waals surface area contributed by atoms with E-state index in [1.807, 2.05) is 19.1 Å². The minimum Gasteiger partial charge on any atom is -0.377 e. The van der Waals surface area contributed by atoms with E-state index in [0.717, 1.165) is 18.6 Å². The molecule has 104 valence electrons.